The van der Waals surface area contributed by atoms with Crippen molar-refractivity contribution in [1.82, 2.24) is 0 Å². The van der Waals surface area contributed by atoms with Crippen molar-refractivity contribution in [3.63, 3.8) is 0 Å². The zero-order valence-corrected chi connectivity index (χ0v) is 20.5. The monoisotopic (exact) mass is 534 g/mol. The summed E-state index contributed by atoms with van der Waals surface area (Å²) in [7, 11) is 1.24. The molecule has 2 aliphatic heterocycles. The van der Waals surface area contributed by atoms with E-state index in [-0.39, 0.29) is 17.9 Å². The molecule has 3 aliphatic rings. The predicted molar refractivity (Wildman–Crippen MR) is 128 cm³/mol. The molecule has 38 heavy (non-hydrogen) atoms. The highest BCUT2D eigenvalue weighted by atomic mass is 16.8. The number of aliphatic hydroxyl groups is 4. The van der Waals surface area contributed by atoms with Crippen LogP contribution >= 0.6 is 0 Å². The summed E-state index contributed by atoms with van der Waals surface area (Å²) in [5, 5.41) is 50.4. The molecule has 0 radical (unpaired) electrons. The number of ether oxygens (including phenoxy) is 5. The number of hydrogen-bond donors (Lipinski definition) is 5. The fourth-order valence-electron chi connectivity index (χ4n) is 4.68. The van der Waals surface area contributed by atoms with Crippen LogP contribution in [0.15, 0.2) is 53.8 Å². The number of rotatable bonds is 8. The number of carbonyl (C=O) groups excluding carboxylic acids is 2. The molecule has 3 unspecified atom stereocenters. The van der Waals surface area contributed by atoms with Gasteiger partial charge >= 0.3 is 11.9 Å². The van der Waals surface area contributed by atoms with E-state index in [4.69, 9.17) is 23.7 Å². The second kappa shape index (κ2) is 12.1. The molecule has 1 fully saturated rings. The summed E-state index contributed by atoms with van der Waals surface area (Å²) >= 11 is 0. The number of allylic oxidation sites excluding steroid dienone is 1. The lowest BCUT2D eigenvalue weighted by Gasteiger charge is -2.43. The molecule has 4 rings (SSSR count). The standard InChI is InChI=1S/C26H30O12/c1-34-24(33)17-11-36-25(20-14(10-27)5-8-16(17)20)38-26-23(32)22(31)21(30)18(37-26)12-35-19(29)9-4-13-2-6-15(28)7-3-13/h2-7,9,11,16,18,20-23,25-28,30-32H,8,10,12H2,1H3/b9-4+/t16?,18-,20?,21-,22+,23-,25?,26+/m1/s1. The molecule has 8 atom stereocenters. The van der Waals surface area contributed by atoms with Crippen molar-refractivity contribution in [3.8, 4) is 5.75 Å². The summed E-state index contributed by atoms with van der Waals surface area (Å²) < 4.78 is 27.0. The number of aliphatic hydroxyl groups excluding tert-OH is 4. The van der Waals surface area contributed by atoms with Crippen molar-refractivity contribution < 1.29 is 58.8 Å². The molecule has 206 valence electrons. The summed E-state index contributed by atoms with van der Waals surface area (Å²) in [6, 6.07) is 6.10. The van der Waals surface area contributed by atoms with Gasteiger partial charge in [-0.3, -0.25) is 0 Å². The summed E-state index contributed by atoms with van der Waals surface area (Å²) in [4.78, 5) is 24.3. The Morgan fingerprint density at radius 1 is 1.08 bits per heavy atom. The minimum absolute atomic E-state index is 0.0799. The Morgan fingerprint density at radius 3 is 2.50 bits per heavy atom. The molecular weight excluding hydrogens is 504 g/mol. The third kappa shape index (κ3) is 5.90. The van der Waals surface area contributed by atoms with E-state index in [9.17, 15) is 35.1 Å². The molecule has 12 nitrogen and oxygen atoms in total. The highest BCUT2D eigenvalue weighted by Crippen LogP contribution is 2.44. The number of aromatic hydroxyl groups is 1. The number of carbonyl (C=O) groups is 2. The second-order valence-electron chi connectivity index (χ2n) is 9.08. The minimum Gasteiger partial charge on any atom is -0.508 e. The van der Waals surface area contributed by atoms with E-state index in [1.54, 1.807) is 18.2 Å². The van der Waals surface area contributed by atoms with Crippen LogP contribution in [-0.4, -0.2) is 94.8 Å². The molecule has 1 aromatic carbocycles. The molecule has 1 aliphatic carbocycles. The highest BCUT2D eigenvalue weighted by molar-refractivity contribution is 5.89. The van der Waals surface area contributed by atoms with Crippen molar-refractivity contribution in [1.29, 1.82) is 0 Å². The first-order valence-electron chi connectivity index (χ1n) is 12.0. The normalized spacial score (nSPS) is 32.7. The Bertz CT molecular complexity index is 1090. The third-order valence-corrected chi connectivity index (χ3v) is 6.75. The van der Waals surface area contributed by atoms with E-state index in [1.165, 1.54) is 31.6 Å². The van der Waals surface area contributed by atoms with Crippen molar-refractivity contribution in [2.24, 2.45) is 11.8 Å². The van der Waals surface area contributed by atoms with Gasteiger partial charge in [-0.2, -0.15) is 0 Å². The third-order valence-electron chi connectivity index (χ3n) is 6.75. The second-order valence-corrected chi connectivity index (χ2v) is 9.08. The molecule has 1 saturated heterocycles. The Balaban J connectivity index is 1.41. The average molecular weight is 535 g/mol. The Labute approximate surface area is 218 Å². The van der Waals surface area contributed by atoms with Gasteiger partial charge in [0, 0.05) is 12.0 Å². The zero-order chi connectivity index (χ0) is 27.4. The quantitative estimate of drug-likeness (QED) is 0.168. The maximum atomic E-state index is 12.2. The largest absolute Gasteiger partial charge is 0.508 e. The van der Waals surface area contributed by atoms with Crippen LogP contribution < -0.4 is 0 Å². The van der Waals surface area contributed by atoms with E-state index in [2.05, 4.69) is 0 Å². The number of benzene rings is 1. The first-order valence-corrected chi connectivity index (χ1v) is 12.0. The van der Waals surface area contributed by atoms with Gasteiger partial charge in [0.25, 0.3) is 0 Å². The van der Waals surface area contributed by atoms with Gasteiger partial charge in [-0.05, 0) is 35.8 Å². The van der Waals surface area contributed by atoms with Gasteiger partial charge in [0.15, 0.2) is 6.29 Å². The molecule has 0 aromatic heterocycles. The van der Waals surface area contributed by atoms with Crippen LogP contribution in [0, 0.1) is 11.8 Å². The van der Waals surface area contributed by atoms with E-state index in [0.717, 1.165) is 6.08 Å². The van der Waals surface area contributed by atoms with Crippen LogP contribution in [0.3, 0.4) is 0 Å². The minimum atomic E-state index is -1.69. The van der Waals surface area contributed by atoms with Crippen LogP contribution in [-0.2, 0) is 33.3 Å². The molecule has 1 aromatic rings. The lowest BCUT2D eigenvalue weighted by Crippen LogP contribution is -2.60. The highest BCUT2D eigenvalue weighted by Gasteiger charge is 2.50. The van der Waals surface area contributed by atoms with Crippen molar-refractivity contribution in [2.75, 3.05) is 20.3 Å². The summed E-state index contributed by atoms with van der Waals surface area (Å²) in [5.74, 6) is -2.26. The van der Waals surface area contributed by atoms with Crippen LogP contribution in [0.25, 0.3) is 6.08 Å². The number of esters is 2. The molecule has 2 heterocycles. The van der Waals surface area contributed by atoms with Crippen LogP contribution in [0.5, 0.6) is 5.75 Å². The number of phenols is 1. The SMILES string of the molecule is COC(=O)C1=COC(O[C@@H]2O[C@H](COC(=O)/C=C/c3ccc(O)cc3)[C@@H](O)[C@H](O)[C@H]2O)C2C(CO)=CCC12. The van der Waals surface area contributed by atoms with Gasteiger partial charge in [0.05, 0.1) is 31.5 Å². The summed E-state index contributed by atoms with van der Waals surface area (Å²) in [6.07, 6.45) is -2.81. The number of hydrogen-bond acceptors (Lipinski definition) is 12. The molecule has 0 amide bonds. The van der Waals surface area contributed by atoms with Crippen molar-refractivity contribution >= 4 is 18.0 Å². The van der Waals surface area contributed by atoms with E-state index >= 15 is 0 Å². The maximum absolute atomic E-state index is 12.2. The Morgan fingerprint density at radius 2 is 1.82 bits per heavy atom. The molecule has 5 N–H and O–H groups in total. The van der Waals surface area contributed by atoms with Gasteiger partial charge in [-0.15, -0.1) is 0 Å². The topological polar surface area (TPSA) is 181 Å². The summed E-state index contributed by atoms with van der Waals surface area (Å²) in [6.45, 7) is -0.778. The van der Waals surface area contributed by atoms with Crippen molar-refractivity contribution in [2.45, 2.75) is 43.4 Å². The fourth-order valence-corrected chi connectivity index (χ4v) is 4.68. The number of methoxy groups -OCH3 is 1. The van der Waals surface area contributed by atoms with Gasteiger partial charge in [0.1, 0.15) is 36.8 Å². The molecule has 12 heteroatoms. The lowest BCUT2D eigenvalue weighted by atomic mass is 9.83. The lowest BCUT2D eigenvalue weighted by molar-refractivity contribution is -0.339. The van der Waals surface area contributed by atoms with Crippen LogP contribution in [0.2, 0.25) is 0 Å². The van der Waals surface area contributed by atoms with Gasteiger partial charge in [-0.1, -0.05) is 18.2 Å². The number of phenolic OH excluding ortho intramolecular Hbond substituents is 1. The first kappa shape index (κ1) is 27.8. The zero-order valence-electron chi connectivity index (χ0n) is 20.5. The maximum Gasteiger partial charge on any atom is 0.337 e. The van der Waals surface area contributed by atoms with Gasteiger partial charge in [-0.25, -0.2) is 9.59 Å². The Kier molecular flexibility index (Phi) is 8.82. The van der Waals surface area contributed by atoms with E-state index < -0.39 is 67.4 Å². The first-order chi connectivity index (χ1) is 18.2. The average Bonchev–Trinajstić information content (AvgIpc) is 3.36. The van der Waals surface area contributed by atoms with E-state index in [1.807, 2.05) is 0 Å². The molecule has 0 saturated carbocycles. The van der Waals surface area contributed by atoms with Crippen LogP contribution in [0.4, 0.5) is 0 Å². The Hall–Kier alpha value is -3.26. The molecule has 0 spiro atoms. The van der Waals surface area contributed by atoms with E-state index in [0.29, 0.717) is 17.6 Å². The molecular formula is C26H30O12. The van der Waals surface area contributed by atoms with Gasteiger partial charge < -0.3 is 49.2 Å². The predicted octanol–water partition coefficient (Wildman–Crippen LogP) is -0.259. The molecule has 0 bridgehead atoms. The fraction of sp³-hybridized carbons (Fsp3) is 0.462. The summed E-state index contributed by atoms with van der Waals surface area (Å²) in [5.41, 5.74) is 1.47. The van der Waals surface area contributed by atoms with Gasteiger partial charge in [0.2, 0.25) is 6.29 Å². The van der Waals surface area contributed by atoms with Crippen LogP contribution in [0.1, 0.15) is 12.0 Å². The smallest absolute Gasteiger partial charge is 0.337 e. The van der Waals surface area contributed by atoms with Crippen molar-refractivity contribution in [3.05, 3.63) is 59.4 Å². The number of fused-ring (bicyclic) bond motifs is 1.